The molecule has 3 nitrogen and oxygen atoms in total. The first-order valence-electron chi connectivity index (χ1n) is 6.49. The Morgan fingerprint density at radius 2 is 1.78 bits per heavy atom. The van der Waals surface area contributed by atoms with E-state index in [9.17, 15) is 14.7 Å². The summed E-state index contributed by atoms with van der Waals surface area (Å²) >= 11 is 0. The molecule has 0 spiro atoms. The van der Waals surface area contributed by atoms with E-state index in [1.165, 1.54) is 0 Å². The Bertz CT molecular complexity index is 425. The Kier molecular flexibility index (Phi) is 4.13. The smallest absolute Gasteiger partial charge is 0.306 e. The number of hydrogen-bond donors (Lipinski definition) is 1. The summed E-state index contributed by atoms with van der Waals surface area (Å²) in [7, 11) is 0. The minimum absolute atomic E-state index is 0.00366. The van der Waals surface area contributed by atoms with Crippen LogP contribution in [-0.2, 0) is 4.79 Å². The van der Waals surface area contributed by atoms with Gasteiger partial charge in [0.1, 0.15) is 0 Å². The molecule has 2 rings (SSSR count). The van der Waals surface area contributed by atoms with E-state index < -0.39 is 5.97 Å². The molecular formula is C15H18O3. The lowest BCUT2D eigenvalue weighted by atomic mass is 9.76. The fourth-order valence-corrected chi connectivity index (χ4v) is 2.76. The number of ketones is 1. The molecule has 1 aromatic rings. The van der Waals surface area contributed by atoms with Gasteiger partial charge in [-0.3, -0.25) is 9.59 Å². The quantitative estimate of drug-likeness (QED) is 0.830. The lowest BCUT2D eigenvalue weighted by Gasteiger charge is -2.27. The van der Waals surface area contributed by atoms with Gasteiger partial charge in [0.15, 0.2) is 5.78 Å². The molecule has 0 aliphatic heterocycles. The molecule has 18 heavy (non-hydrogen) atoms. The minimum atomic E-state index is -0.749. The second-order valence-corrected chi connectivity index (χ2v) is 4.98. The lowest BCUT2D eigenvalue weighted by Crippen LogP contribution is -2.28. The number of carboxylic acid groups (broad SMARTS) is 1. The van der Waals surface area contributed by atoms with Gasteiger partial charge in [-0.15, -0.1) is 0 Å². The summed E-state index contributed by atoms with van der Waals surface area (Å²) in [6.07, 6.45) is 3.93. The first-order chi connectivity index (χ1) is 8.68. The van der Waals surface area contributed by atoms with Crippen molar-refractivity contribution in [2.75, 3.05) is 0 Å². The van der Waals surface area contributed by atoms with E-state index in [4.69, 9.17) is 0 Å². The zero-order valence-corrected chi connectivity index (χ0v) is 10.3. The van der Waals surface area contributed by atoms with Crippen molar-refractivity contribution in [3.63, 3.8) is 0 Å². The van der Waals surface area contributed by atoms with Crippen LogP contribution in [0.2, 0.25) is 0 Å². The second kappa shape index (κ2) is 5.80. The fraction of sp³-hybridized carbons (Fsp3) is 0.467. The Morgan fingerprint density at radius 3 is 2.44 bits per heavy atom. The number of carbonyl (C=O) groups excluding carboxylic acids is 1. The molecule has 1 N–H and O–H groups in total. The Balaban J connectivity index is 2.03. The van der Waals surface area contributed by atoms with Gasteiger partial charge >= 0.3 is 5.97 Å². The van der Waals surface area contributed by atoms with Gasteiger partial charge in [0.05, 0.1) is 5.92 Å². The van der Waals surface area contributed by atoms with Crippen LogP contribution in [0.4, 0.5) is 0 Å². The highest BCUT2D eigenvalue weighted by atomic mass is 16.4. The normalized spacial score (nSPS) is 23.6. The molecule has 0 saturated heterocycles. The van der Waals surface area contributed by atoms with Crippen LogP contribution >= 0.6 is 0 Å². The maximum Gasteiger partial charge on any atom is 0.306 e. The van der Waals surface area contributed by atoms with Gasteiger partial charge in [0.2, 0.25) is 0 Å². The van der Waals surface area contributed by atoms with Crippen LogP contribution in [0, 0.1) is 11.8 Å². The van der Waals surface area contributed by atoms with E-state index in [0.29, 0.717) is 18.4 Å². The van der Waals surface area contributed by atoms with Crippen molar-refractivity contribution in [2.45, 2.75) is 32.1 Å². The van der Waals surface area contributed by atoms with E-state index in [2.05, 4.69) is 0 Å². The largest absolute Gasteiger partial charge is 0.481 e. The molecule has 96 valence electrons. The SMILES string of the molecule is O=C(C[C@@H]1CCCC[C@@H]1C(=O)O)c1ccccc1. The fourth-order valence-electron chi connectivity index (χ4n) is 2.76. The van der Waals surface area contributed by atoms with Crippen molar-refractivity contribution < 1.29 is 14.7 Å². The van der Waals surface area contributed by atoms with Crippen LogP contribution in [-0.4, -0.2) is 16.9 Å². The molecule has 0 heterocycles. The molecule has 0 amide bonds. The molecule has 3 heteroatoms. The molecule has 1 aliphatic carbocycles. The molecule has 1 aliphatic rings. The molecule has 1 fully saturated rings. The summed E-state index contributed by atoms with van der Waals surface area (Å²) in [6.45, 7) is 0. The highest BCUT2D eigenvalue weighted by Crippen LogP contribution is 2.33. The molecule has 1 aromatic carbocycles. The summed E-state index contributed by atoms with van der Waals surface area (Å²) in [6, 6.07) is 9.13. The minimum Gasteiger partial charge on any atom is -0.481 e. The van der Waals surface area contributed by atoms with Gasteiger partial charge in [-0.2, -0.15) is 0 Å². The third kappa shape index (κ3) is 2.97. The standard InChI is InChI=1S/C15H18O3/c16-14(11-6-2-1-3-7-11)10-12-8-4-5-9-13(12)15(17)18/h1-3,6-7,12-13H,4-5,8-10H2,(H,17,18)/t12-,13-/m0/s1. The van der Waals surface area contributed by atoms with E-state index in [0.717, 1.165) is 19.3 Å². The molecule has 0 aromatic heterocycles. The number of benzene rings is 1. The third-order valence-electron chi connectivity index (χ3n) is 3.77. The predicted octanol–water partition coefficient (Wildman–Crippen LogP) is 3.15. The van der Waals surface area contributed by atoms with Gasteiger partial charge in [0, 0.05) is 12.0 Å². The Morgan fingerprint density at radius 1 is 1.11 bits per heavy atom. The number of hydrogen-bond acceptors (Lipinski definition) is 2. The highest BCUT2D eigenvalue weighted by Gasteiger charge is 2.32. The number of rotatable bonds is 4. The maximum atomic E-state index is 12.1. The Labute approximate surface area is 107 Å². The van der Waals surface area contributed by atoms with E-state index in [1.807, 2.05) is 18.2 Å². The highest BCUT2D eigenvalue weighted by molar-refractivity contribution is 5.96. The number of carboxylic acids is 1. The van der Waals surface area contributed by atoms with E-state index >= 15 is 0 Å². The van der Waals surface area contributed by atoms with Gasteiger partial charge in [-0.25, -0.2) is 0 Å². The first kappa shape index (κ1) is 12.8. The number of carbonyl (C=O) groups is 2. The van der Waals surface area contributed by atoms with Gasteiger partial charge in [0.25, 0.3) is 0 Å². The average Bonchev–Trinajstić information content (AvgIpc) is 2.40. The van der Waals surface area contributed by atoms with Crippen molar-refractivity contribution in [1.82, 2.24) is 0 Å². The molecule has 1 saturated carbocycles. The van der Waals surface area contributed by atoms with Crippen LogP contribution in [0.1, 0.15) is 42.5 Å². The molecule has 2 atom stereocenters. The summed E-state index contributed by atoms with van der Waals surface area (Å²) in [4.78, 5) is 23.3. The van der Waals surface area contributed by atoms with Gasteiger partial charge in [-0.1, -0.05) is 43.2 Å². The van der Waals surface area contributed by atoms with Crippen molar-refractivity contribution in [1.29, 1.82) is 0 Å². The number of aliphatic carboxylic acids is 1. The predicted molar refractivity (Wildman–Crippen MR) is 68.5 cm³/mol. The Hall–Kier alpha value is -1.64. The molecule has 0 radical (unpaired) electrons. The van der Waals surface area contributed by atoms with Crippen LogP contribution in [0.5, 0.6) is 0 Å². The molecule has 0 bridgehead atoms. The van der Waals surface area contributed by atoms with Crippen LogP contribution in [0.15, 0.2) is 30.3 Å². The van der Waals surface area contributed by atoms with Crippen molar-refractivity contribution in [3.8, 4) is 0 Å². The van der Waals surface area contributed by atoms with Gasteiger partial charge in [-0.05, 0) is 18.8 Å². The van der Waals surface area contributed by atoms with Crippen LogP contribution in [0.3, 0.4) is 0 Å². The monoisotopic (exact) mass is 246 g/mol. The number of Topliss-reactive ketones (excluding diaryl/α,β-unsaturated/α-hetero) is 1. The zero-order valence-electron chi connectivity index (χ0n) is 10.3. The lowest BCUT2D eigenvalue weighted by molar-refractivity contribution is -0.144. The van der Waals surface area contributed by atoms with E-state index in [1.54, 1.807) is 12.1 Å². The molecule has 0 unspecified atom stereocenters. The summed E-state index contributed by atoms with van der Waals surface area (Å²) < 4.78 is 0. The topological polar surface area (TPSA) is 54.4 Å². The zero-order chi connectivity index (χ0) is 13.0. The van der Waals surface area contributed by atoms with Crippen molar-refractivity contribution in [2.24, 2.45) is 11.8 Å². The van der Waals surface area contributed by atoms with Gasteiger partial charge < -0.3 is 5.11 Å². The maximum absolute atomic E-state index is 12.1. The van der Waals surface area contributed by atoms with Crippen LogP contribution < -0.4 is 0 Å². The summed E-state index contributed by atoms with van der Waals surface area (Å²) in [5.74, 6) is -1.02. The second-order valence-electron chi connectivity index (χ2n) is 4.98. The third-order valence-corrected chi connectivity index (χ3v) is 3.77. The van der Waals surface area contributed by atoms with Crippen LogP contribution in [0.25, 0.3) is 0 Å². The average molecular weight is 246 g/mol. The van der Waals surface area contributed by atoms with E-state index in [-0.39, 0.29) is 17.6 Å². The molecular weight excluding hydrogens is 228 g/mol. The summed E-state index contributed by atoms with van der Waals surface area (Å²) in [5.41, 5.74) is 0.687. The summed E-state index contributed by atoms with van der Waals surface area (Å²) in [5, 5.41) is 9.18. The van der Waals surface area contributed by atoms with Crippen molar-refractivity contribution in [3.05, 3.63) is 35.9 Å². The first-order valence-corrected chi connectivity index (χ1v) is 6.49. The van der Waals surface area contributed by atoms with Crippen molar-refractivity contribution >= 4 is 11.8 Å².